The third-order valence-electron chi connectivity index (χ3n) is 3.09. The average molecular weight is 342 g/mol. The van der Waals surface area contributed by atoms with Crippen molar-refractivity contribution in [2.24, 2.45) is 0 Å². The third-order valence-corrected chi connectivity index (χ3v) is 3.79. The summed E-state index contributed by atoms with van der Waals surface area (Å²) in [5, 5.41) is 7.74. The highest BCUT2D eigenvalue weighted by molar-refractivity contribution is 7.08. The monoisotopic (exact) mass is 342 g/mol. The Morgan fingerprint density at radius 2 is 2.29 bits per heavy atom. The number of hydrogen-bond acceptors (Lipinski definition) is 7. The second-order valence-corrected chi connectivity index (χ2v) is 5.52. The highest BCUT2D eigenvalue weighted by atomic mass is 32.1. The molecule has 3 rings (SSSR count). The molecule has 2 aromatic heterocycles. The molecule has 0 aliphatic rings. The van der Waals surface area contributed by atoms with Crippen LogP contribution in [0.25, 0.3) is 17.5 Å². The van der Waals surface area contributed by atoms with Crippen molar-refractivity contribution in [2.75, 3.05) is 7.11 Å². The summed E-state index contributed by atoms with van der Waals surface area (Å²) in [6, 6.07) is 9.20. The number of carbonyl (C=O) groups excluding carboxylic acids is 1. The number of aromatic nitrogens is 2. The lowest BCUT2D eigenvalue weighted by molar-refractivity contribution is -0.139. The highest BCUT2D eigenvalue weighted by Gasteiger charge is 2.10. The summed E-state index contributed by atoms with van der Waals surface area (Å²) >= 11 is 1.56. The molecule has 0 atom stereocenters. The van der Waals surface area contributed by atoms with Crippen molar-refractivity contribution in [3.8, 4) is 17.1 Å². The number of thiophene rings is 1. The van der Waals surface area contributed by atoms with Gasteiger partial charge in [0.25, 0.3) is 5.89 Å². The maximum absolute atomic E-state index is 11.7. The first-order chi connectivity index (χ1) is 11.7. The summed E-state index contributed by atoms with van der Waals surface area (Å²) in [4.78, 5) is 15.9. The van der Waals surface area contributed by atoms with E-state index in [1.54, 1.807) is 30.6 Å². The minimum Gasteiger partial charge on any atom is -0.497 e. The van der Waals surface area contributed by atoms with Crippen LogP contribution in [0.3, 0.4) is 0 Å². The molecule has 1 aromatic carbocycles. The van der Waals surface area contributed by atoms with Gasteiger partial charge in [0.05, 0.1) is 7.11 Å². The molecule has 6 nitrogen and oxygen atoms in total. The maximum atomic E-state index is 11.7. The van der Waals surface area contributed by atoms with Crippen LogP contribution in [0.15, 0.2) is 51.7 Å². The third kappa shape index (κ3) is 4.08. The smallest absolute Gasteiger partial charge is 0.331 e. The quantitative estimate of drug-likeness (QED) is 0.504. The van der Waals surface area contributed by atoms with Crippen LogP contribution in [0, 0.1) is 0 Å². The minimum absolute atomic E-state index is 0.0796. The largest absolute Gasteiger partial charge is 0.497 e. The Morgan fingerprint density at radius 1 is 1.38 bits per heavy atom. The number of methoxy groups -OCH3 is 1. The van der Waals surface area contributed by atoms with Gasteiger partial charge < -0.3 is 14.0 Å². The second kappa shape index (κ2) is 7.56. The van der Waals surface area contributed by atoms with Crippen molar-refractivity contribution in [3.63, 3.8) is 0 Å². The van der Waals surface area contributed by atoms with Gasteiger partial charge >= 0.3 is 5.97 Å². The molecule has 0 aliphatic heterocycles. The first kappa shape index (κ1) is 15.9. The zero-order chi connectivity index (χ0) is 16.8. The van der Waals surface area contributed by atoms with Crippen molar-refractivity contribution >= 4 is 23.4 Å². The van der Waals surface area contributed by atoms with Crippen LogP contribution in [-0.4, -0.2) is 23.2 Å². The van der Waals surface area contributed by atoms with Gasteiger partial charge in [0, 0.05) is 11.6 Å². The lowest BCUT2D eigenvalue weighted by Gasteiger charge is -1.99. The molecule has 0 N–H and O–H groups in total. The van der Waals surface area contributed by atoms with Gasteiger partial charge in [-0.1, -0.05) is 17.3 Å². The fourth-order valence-corrected chi connectivity index (χ4v) is 2.54. The van der Waals surface area contributed by atoms with Gasteiger partial charge in [0.1, 0.15) is 5.75 Å². The molecular formula is C17H14N2O4S. The molecule has 7 heteroatoms. The summed E-state index contributed by atoms with van der Waals surface area (Å²) < 4.78 is 15.3. The van der Waals surface area contributed by atoms with Crippen LogP contribution in [0.1, 0.15) is 11.5 Å². The van der Waals surface area contributed by atoms with E-state index in [9.17, 15) is 4.79 Å². The first-order valence-electron chi connectivity index (χ1n) is 7.08. The van der Waals surface area contributed by atoms with Crippen molar-refractivity contribution in [1.82, 2.24) is 10.1 Å². The summed E-state index contributed by atoms with van der Waals surface area (Å²) in [5.41, 5.74) is 1.71. The van der Waals surface area contributed by atoms with Crippen LogP contribution >= 0.6 is 11.3 Å². The van der Waals surface area contributed by atoms with E-state index in [0.29, 0.717) is 11.6 Å². The van der Waals surface area contributed by atoms with E-state index in [1.807, 2.05) is 35.0 Å². The molecule has 3 aromatic rings. The van der Waals surface area contributed by atoms with Gasteiger partial charge in [-0.15, -0.1) is 0 Å². The Hall–Kier alpha value is -2.93. The van der Waals surface area contributed by atoms with E-state index in [4.69, 9.17) is 14.0 Å². The van der Waals surface area contributed by atoms with Crippen LogP contribution in [0.2, 0.25) is 0 Å². The average Bonchev–Trinajstić information content (AvgIpc) is 3.30. The molecule has 0 radical (unpaired) electrons. The lowest BCUT2D eigenvalue weighted by atomic mass is 10.2. The van der Waals surface area contributed by atoms with Gasteiger partial charge in [-0.25, -0.2) is 4.79 Å². The Kier molecular flexibility index (Phi) is 5.02. The summed E-state index contributed by atoms with van der Waals surface area (Å²) in [5.74, 6) is 0.866. The van der Waals surface area contributed by atoms with E-state index < -0.39 is 5.97 Å². The number of ether oxygens (including phenoxy) is 2. The Labute approximate surface area is 142 Å². The second-order valence-electron chi connectivity index (χ2n) is 4.74. The van der Waals surface area contributed by atoms with E-state index in [-0.39, 0.29) is 12.5 Å². The van der Waals surface area contributed by atoms with Gasteiger partial charge in [-0.3, -0.25) is 0 Å². The zero-order valence-electron chi connectivity index (χ0n) is 12.8. The van der Waals surface area contributed by atoms with E-state index >= 15 is 0 Å². The van der Waals surface area contributed by atoms with Gasteiger partial charge in [0.15, 0.2) is 6.61 Å². The fourth-order valence-electron chi connectivity index (χ4n) is 1.91. The Bertz CT molecular complexity index is 840. The molecule has 0 amide bonds. The van der Waals surface area contributed by atoms with Crippen molar-refractivity contribution in [2.45, 2.75) is 6.61 Å². The number of benzene rings is 1. The van der Waals surface area contributed by atoms with Crippen molar-refractivity contribution in [1.29, 1.82) is 0 Å². The molecule has 2 heterocycles. The molecule has 0 aliphatic carbocycles. The van der Waals surface area contributed by atoms with E-state index in [2.05, 4.69) is 10.1 Å². The van der Waals surface area contributed by atoms with Gasteiger partial charge in [-0.2, -0.15) is 16.3 Å². The normalized spacial score (nSPS) is 10.9. The molecule has 0 fully saturated rings. The van der Waals surface area contributed by atoms with E-state index in [0.717, 1.165) is 11.1 Å². The topological polar surface area (TPSA) is 74.5 Å². The van der Waals surface area contributed by atoms with Crippen LogP contribution in [0.4, 0.5) is 0 Å². The number of nitrogens with zero attached hydrogens (tertiary/aromatic N) is 2. The SMILES string of the molecule is COc1cccc(-c2noc(COC(=O)/C=C/c3ccsc3)n2)c1. The van der Waals surface area contributed by atoms with Crippen molar-refractivity contribution < 1.29 is 18.8 Å². The molecule has 0 unspecified atom stereocenters. The highest BCUT2D eigenvalue weighted by Crippen LogP contribution is 2.21. The standard InChI is InChI=1S/C17H14N2O4S/c1-21-14-4-2-3-13(9-14)17-18-15(23-19-17)10-22-16(20)6-5-12-7-8-24-11-12/h2-9,11H,10H2,1H3/b6-5+. The lowest BCUT2D eigenvalue weighted by Crippen LogP contribution is -2.00. The minimum atomic E-state index is -0.470. The molecule has 24 heavy (non-hydrogen) atoms. The summed E-state index contributed by atoms with van der Waals surface area (Å²) in [6.07, 6.45) is 3.05. The number of rotatable bonds is 6. The molecule has 0 saturated carbocycles. The number of hydrogen-bond donors (Lipinski definition) is 0. The van der Waals surface area contributed by atoms with Crippen LogP contribution < -0.4 is 4.74 Å². The van der Waals surface area contributed by atoms with Gasteiger partial charge in [0.2, 0.25) is 5.82 Å². The van der Waals surface area contributed by atoms with E-state index in [1.165, 1.54) is 6.08 Å². The van der Waals surface area contributed by atoms with Crippen molar-refractivity contribution in [3.05, 3.63) is 58.6 Å². The molecular weight excluding hydrogens is 328 g/mol. The number of esters is 1. The predicted octanol–water partition coefficient (Wildman–Crippen LogP) is 3.56. The Balaban J connectivity index is 1.58. The summed E-state index contributed by atoms with van der Waals surface area (Å²) in [6.45, 7) is -0.0796. The van der Waals surface area contributed by atoms with Gasteiger partial charge in [-0.05, 0) is 40.6 Å². The molecule has 122 valence electrons. The number of carbonyl (C=O) groups is 1. The molecule has 0 bridgehead atoms. The molecule has 0 spiro atoms. The Morgan fingerprint density at radius 3 is 3.08 bits per heavy atom. The fraction of sp³-hybridized carbons (Fsp3) is 0.118. The molecule has 0 saturated heterocycles. The maximum Gasteiger partial charge on any atom is 0.331 e. The van der Waals surface area contributed by atoms with Crippen LogP contribution in [0.5, 0.6) is 5.75 Å². The summed E-state index contributed by atoms with van der Waals surface area (Å²) in [7, 11) is 1.59. The zero-order valence-corrected chi connectivity index (χ0v) is 13.7. The first-order valence-corrected chi connectivity index (χ1v) is 8.03. The predicted molar refractivity (Wildman–Crippen MR) is 89.4 cm³/mol. The van der Waals surface area contributed by atoms with Crippen LogP contribution in [-0.2, 0) is 16.1 Å².